The maximum absolute atomic E-state index is 5.54. The van der Waals surface area contributed by atoms with E-state index in [4.69, 9.17) is 13.6 Å². The molecule has 0 bridgehead atoms. The standard InChI is InChI=1S/C7H6BN3/c8-7-10-5-2-1-4(9)3-6(5)11-7/h1-3H,9H2,(H,10,11). The van der Waals surface area contributed by atoms with Crippen LogP contribution in [0.25, 0.3) is 11.0 Å². The molecule has 0 aliphatic rings. The van der Waals surface area contributed by atoms with Gasteiger partial charge in [-0.05, 0) is 18.2 Å². The topological polar surface area (TPSA) is 54.7 Å². The van der Waals surface area contributed by atoms with E-state index in [1.807, 2.05) is 6.07 Å². The zero-order valence-electron chi connectivity index (χ0n) is 5.83. The maximum atomic E-state index is 5.54. The first-order valence-electron chi connectivity index (χ1n) is 3.26. The number of imidazole rings is 1. The summed E-state index contributed by atoms with van der Waals surface area (Å²) in [7, 11) is 5.43. The van der Waals surface area contributed by atoms with Crippen molar-refractivity contribution in [3.05, 3.63) is 18.2 Å². The number of hydrogen-bond donors (Lipinski definition) is 2. The lowest BCUT2D eigenvalue weighted by molar-refractivity contribution is 1.44. The number of fused-ring (bicyclic) bond motifs is 1. The van der Waals surface area contributed by atoms with Crippen molar-refractivity contribution in [3.63, 3.8) is 0 Å². The van der Waals surface area contributed by atoms with Crippen molar-refractivity contribution in [3.8, 4) is 0 Å². The summed E-state index contributed by atoms with van der Waals surface area (Å²) in [5.41, 5.74) is 8.40. The number of nitrogens with zero attached hydrogens (tertiary/aromatic N) is 1. The van der Waals surface area contributed by atoms with Gasteiger partial charge in [0.05, 0.1) is 11.0 Å². The Morgan fingerprint density at radius 1 is 1.45 bits per heavy atom. The molecule has 1 aromatic heterocycles. The van der Waals surface area contributed by atoms with Crippen LogP contribution < -0.4 is 11.5 Å². The summed E-state index contributed by atoms with van der Waals surface area (Å²) in [6.07, 6.45) is 0. The van der Waals surface area contributed by atoms with Gasteiger partial charge in [-0.1, -0.05) is 0 Å². The number of nitrogen functional groups attached to an aromatic ring is 1. The molecule has 2 radical (unpaired) electrons. The highest BCUT2D eigenvalue weighted by atomic mass is 14.9. The highest BCUT2D eigenvalue weighted by Crippen LogP contribution is 2.11. The molecule has 1 aromatic carbocycles. The molecule has 52 valence electrons. The average Bonchev–Trinajstić information content (AvgIpc) is 2.27. The second-order valence-corrected chi connectivity index (χ2v) is 2.40. The summed E-state index contributed by atoms with van der Waals surface area (Å²) < 4.78 is 0. The second-order valence-electron chi connectivity index (χ2n) is 2.40. The molecule has 0 spiro atoms. The van der Waals surface area contributed by atoms with Crippen LogP contribution in [-0.2, 0) is 0 Å². The van der Waals surface area contributed by atoms with E-state index in [0.29, 0.717) is 11.4 Å². The van der Waals surface area contributed by atoms with Gasteiger partial charge in [-0.3, -0.25) is 0 Å². The minimum Gasteiger partial charge on any atom is -0.399 e. The van der Waals surface area contributed by atoms with Gasteiger partial charge in [-0.15, -0.1) is 0 Å². The molecule has 0 unspecified atom stereocenters. The Bertz CT molecular complexity index is 393. The van der Waals surface area contributed by atoms with E-state index in [1.54, 1.807) is 12.1 Å². The van der Waals surface area contributed by atoms with Crippen molar-refractivity contribution in [1.29, 1.82) is 0 Å². The van der Waals surface area contributed by atoms with Gasteiger partial charge in [0, 0.05) is 11.4 Å². The van der Waals surface area contributed by atoms with Crippen LogP contribution in [0.4, 0.5) is 5.69 Å². The number of nitrogens with one attached hydrogen (secondary N) is 1. The Balaban J connectivity index is 2.82. The quantitative estimate of drug-likeness (QED) is 0.400. The lowest BCUT2D eigenvalue weighted by atomic mass is 10.1. The monoisotopic (exact) mass is 143 g/mol. The van der Waals surface area contributed by atoms with E-state index in [9.17, 15) is 0 Å². The van der Waals surface area contributed by atoms with E-state index in [0.717, 1.165) is 11.0 Å². The molecule has 4 heteroatoms. The fraction of sp³-hybridized carbons (Fsp3) is 0. The molecule has 0 atom stereocenters. The fourth-order valence-corrected chi connectivity index (χ4v) is 1.05. The molecule has 3 nitrogen and oxygen atoms in total. The van der Waals surface area contributed by atoms with Crippen molar-refractivity contribution in [2.24, 2.45) is 0 Å². The molecule has 2 rings (SSSR count). The molecule has 0 saturated heterocycles. The minimum atomic E-state index is 0.422. The van der Waals surface area contributed by atoms with Gasteiger partial charge in [-0.25, -0.2) is 4.98 Å². The van der Waals surface area contributed by atoms with Gasteiger partial charge in [0.15, 0.2) is 7.85 Å². The van der Waals surface area contributed by atoms with Gasteiger partial charge >= 0.3 is 0 Å². The summed E-state index contributed by atoms with van der Waals surface area (Å²) in [6.45, 7) is 0. The lowest BCUT2D eigenvalue weighted by Crippen LogP contribution is -2.04. The first-order chi connectivity index (χ1) is 5.25. The van der Waals surface area contributed by atoms with Crippen molar-refractivity contribution >= 4 is 30.3 Å². The van der Waals surface area contributed by atoms with Crippen molar-refractivity contribution in [1.82, 2.24) is 9.97 Å². The van der Waals surface area contributed by atoms with Crippen LogP contribution in [0.5, 0.6) is 0 Å². The van der Waals surface area contributed by atoms with Gasteiger partial charge < -0.3 is 10.7 Å². The zero-order chi connectivity index (χ0) is 7.84. The number of anilines is 1. The third-order valence-corrected chi connectivity index (χ3v) is 1.52. The Labute approximate surface area is 65.0 Å². The Morgan fingerprint density at radius 2 is 2.27 bits per heavy atom. The van der Waals surface area contributed by atoms with E-state index in [-0.39, 0.29) is 0 Å². The van der Waals surface area contributed by atoms with Crippen LogP contribution in [-0.4, -0.2) is 17.8 Å². The number of rotatable bonds is 0. The molecule has 11 heavy (non-hydrogen) atoms. The van der Waals surface area contributed by atoms with Crippen LogP contribution in [0, 0.1) is 0 Å². The van der Waals surface area contributed by atoms with Crippen molar-refractivity contribution < 1.29 is 0 Å². The summed E-state index contributed by atoms with van der Waals surface area (Å²) in [6, 6.07) is 5.43. The summed E-state index contributed by atoms with van der Waals surface area (Å²) >= 11 is 0. The van der Waals surface area contributed by atoms with Gasteiger partial charge in [-0.2, -0.15) is 0 Å². The first kappa shape index (κ1) is 6.28. The molecule has 3 N–H and O–H groups in total. The van der Waals surface area contributed by atoms with E-state index >= 15 is 0 Å². The van der Waals surface area contributed by atoms with Crippen LogP contribution in [0.1, 0.15) is 0 Å². The molecular weight excluding hydrogens is 137 g/mol. The Kier molecular flexibility index (Phi) is 1.15. The van der Waals surface area contributed by atoms with E-state index in [2.05, 4.69) is 9.97 Å². The average molecular weight is 143 g/mol. The van der Waals surface area contributed by atoms with Crippen LogP contribution >= 0.6 is 0 Å². The maximum Gasteiger partial charge on any atom is 0.167 e. The van der Waals surface area contributed by atoms with Gasteiger partial charge in [0.2, 0.25) is 0 Å². The number of benzene rings is 1. The summed E-state index contributed by atoms with van der Waals surface area (Å²) in [4.78, 5) is 6.91. The van der Waals surface area contributed by atoms with E-state index < -0.39 is 0 Å². The largest absolute Gasteiger partial charge is 0.399 e. The predicted molar refractivity (Wildman–Crippen MR) is 45.9 cm³/mol. The third-order valence-electron chi connectivity index (χ3n) is 1.52. The van der Waals surface area contributed by atoms with Crippen LogP contribution in [0.15, 0.2) is 18.2 Å². The smallest absolute Gasteiger partial charge is 0.167 e. The SMILES string of the molecule is [B]c1nc2ccc(N)cc2[nH]1. The molecule has 0 aliphatic carbocycles. The van der Waals surface area contributed by atoms with Crippen molar-refractivity contribution in [2.45, 2.75) is 0 Å². The molecular formula is C7H6BN3. The van der Waals surface area contributed by atoms with Gasteiger partial charge in [0.25, 0.3) is 0 Å². The normalized spacial score (nSPS) is 10.5. The molecule has 2 aromatic rings. The zero-order valence-corrected chi connectivity index (χ0v) is 5.83. The van der Waals surface area contributed by atoms with Crippen LogP contribution in [0.3, 0.4) is 0 Å². The molecule has 0 fully saturated rings. The molecule has 0 saturated carbocycles. The highest BCUT2D eigenvalue weighted by Gasteiger charge is 1.96. The number of H-pyrrole nitrogens is 1. The number of aromatic amines is 1. The minimum absolute atomic E-state index is 0.422. The third kappa shape index (κ3) is 0.961. The Hall–Kier alpha value is -1.45. The number of hydrogen-bond acceptors (Lipinski definition) is 2. The van der Waals surface area contributed by atoms with Crippen molar-refractivity contribution in [2.75, 3.05) is 5.73 Å². The molecule has 0 aliphatic heterocycles. The lowest BCUT2D eigenvalue weighted by Gasteiger charge is -1.89. The highest BCUT2D eigenvalue weighted by molar-refractivity contribution is 6.30. The second kappa shape index (κ2) is 2.02. The van der Waals surface area contributed by atoms with E-state index in [1.165, 1.54) is 0 Å². The Morgan fingerprint density at radius 3 is 3.09 bits per heavy atom. The first-order valence-corrected chi connectivity index (χ1v) is 3.26. The molecule has 1 heterocycles. The summed E-state index contributed by atoms with van der Waals surface area (Å²) in [5, 5.41) is 0. The number of aromatic nitrogens is 2. The molecule has 0 amide bonds. The van der Waals surface area contributed by atoms with Gasteiger partial charge in [0.1, 0.15) is 0 Å². The predicted octanol–water partition coefficient (Wildman–Crippen LogP) is -0.0611. The summed E-state index contributed by atoms with van der Waals surface area (Å²) in [5.74, 6) is 0. The fourth-order valence-electron chi connectivity index (χ4n) is 1.05. The number of nitrogens with two attached hydrogens (primary N) is 1. The van der Waals surface area contributed by atoms with Crippen LogP contribution in [0.2, 0.25) is 0 Å².